The van der Waals surface area contributed by atoms with E-state index in [1.807, 2.05) is 37.4 Å². The smallest absolute Gasteiger partial charge is 0.321 e. The average Bonchev–Trinajstić information content (AvgIpc) is 3.26. The summed E-state index contributed by atoms with van der Waals surface area (Å²) in [5.41, 5.74) is 0.738. The van der Waals surface area contributed by atoms with Crippen molar-refractivity contribution in [1.29, 1.82) is 0 Å². The van der Waals surface area contributed by atoms with Gasteiger partial charge in [-0.2, -0.15) is 0 Å². The summed E-state index contributed by atoms with van der Waals surface area (Å²) in [7, 11) is 1.77. The Morgan fingerprint density at radius 1 is 1.44 bits per heavy atom. The van der Waals surface area contributed by atoms with Crippen molar-refractivity contribution in [2.24, 2.45) is 0 Å². The molecule has 0 bridgehead atoms. The van der Waals surface area contributed by atoms with Crippen LogP contribution >= 0.6 is 11.3 Å². The largest absolute Gasteiger partial charge is 0.491 e. The normalized spacial score (nSPS) is 16.6. The molecule has 1 aliphatic rings. The number of ether oxygens (including phenoxy) is 2. The molecule has 2 heterocycles. The summed E-state index contributed by atoms with van der Waals surface area (Å²) in [6.45, 7) is 3.90. The highest BCUT2D eigenvalue weighted by Gasteiger charge is 2.16. The van der Waals surface area contributed by atoms with Crippen LogP contribution in [0.5, 0.6) is 5.75 Å². The second-order valence-electron chi connectivity index (χ2n) is 6.10. The van der Waals surface area contributed by atoms with Crippen LogP contribution in [0.1, 0.15) is 22.7 Å². The molecule has 2 aromatic rings. The first-order chi connectivity index (χ1) is 12.1. The van der Waals surface area contributed by atoms with Gasteiger partial charge in [0.25, 0.3) is 0 Å². The Kier molecular flexibility index (Phi) is 5.88. The molecular formula is C18H23N3O3S. The van der Waals surface area contributed by atoms with E-state index in [9.17, 15) is 4.79 Å². The van der Waals surface area contributed by atoms with Gasteiger partial charge in [-0.15, -0.1) is 11.3 Å². The lowest BCUT2D eigenvalue weighted by atomic mass is 10.2. The van der Waals surface area contributed by atoms with E-state index < -0.39 is 0 Å². The van der Waals surface area contributed by atoms with Gasteiger partial charge in [-0.1, -0.05) is 0 Å². The first-order valence-corrected chi connectivity index (χ1v) is 9.19. The molecule has 0 radical (unpaired) electrons. The molecule has 0 aliphatic carbocycles. The third-order valence-electron chi connectivity index (χ3n) is 3.97. The van der Waals surface area contributed by atoms with E-state index in [-0.39, 0.29) is 12.1 Å². The van der Waals surface area contributed by atoms with E-state index >= 15 is 0 Å². The minimum atomic E-state index is -0.154. The van der Waals surface area contributed by atoms with Gasteiger partial charge in [-0.25, -0.2) is 9.78 Å². The number of urea groups is 1. The van der Waals surface area contributed by atoms with Crippen molar-refractivity contribution >= 4 is 23.1 Å². The zero-order chi connectivity index (χ0) is 17.6. The molecule has 6 nitrogen and oxygen atoms in total. The van der Waals surface area contributed by atoms with Gasteiger partial charge in [-0.3, -0.25) is 0 Å². The number of nitrogens with zero attached hydrogens (tertiary/aromatic N) is 2. The molecule has 1 atom stereocenters. The fourth-order valence-corrected chi connectivity index (χ4v) is 3.45. The van der Waals surface area contributed by atoms with Crippen molar-refractivity contribution in [2.45, 2.75) is 32.4 Å². The van der Waals surface area contributed by atoms with Gasteiger partial charge >= 0.3 is 6.03 Å². The molecule has 134 valence electrons. The molecule has 1 fully saturated rings. The minimum absolute atomic E-state index is 0.154. The number of anilines is 1. The van der Waals surface area contributed by atoms with Gasteiger partial charge < -0.3 is 19.7 Å². The van der Waals surface area contributed by atoms with Crippen molar-refractivity contribution in [3.05, 3.63) is 40.3 Å². The SMILES string of the molecule is Cc1ncc(CN(C)C(=O)Nc2ccc(OC[C@@H]3CCCO3)cc2)s1. The number of carbonyl (C=O) groups excluding carboxylic acids is 1. The molecule has 1 aliphatic heterocycles. The number of aryl methyl sites for hydroxylation is 1. The van der Waals surface area contributed by atoms with Gasteiger partial charge in [0, 0.05) is 30.4 Å². The van der Waals surface area contributed by atoms with E-state index in [1.54, 1.807) is 23.3 Å². The van der Waals surface area contributed by atoms with Crippen LogP contribution in [0.25, 0.3) is 0 Å². The monoisotopic (exact) mass is 361 g/mol. The number of benzene rings is 1. The van der Waals surface area contributed by atoms with Crippen LogP contribution < -0.4 is 10.1 Å². The van der Waals surface area contributed by atoms with Gasteiger partial charge in [0.05, 0.1) is 17.7 Å². The molecule has 0 spiro atoms. The maximum Gasteiger partial charge on any atom is 0.321 e. The zero-order valence-electron chi connectivity index (χ0n) is 14.5. The first kappa shape index (κ1) is 17.7. The summed E-state index contributed by atoms with van der Waals surface area (Å²) < 4.78 is 11.3. The molecule has 1 N–H and O–H groups in total. The summed E-state index contributed by atoms with van der Waals surface area (Å²) >= 11 is 1.60. The van der Waals surface area contributed by atoms with Crippen molar-refractivity contribution in [3.63, 3.8) is 0 Å². The quantitative estimate of drug-likeness (QED) is 0.853. The van der Waals surface area contributed by atoms with Gasteiger partial charge in [-0.05, 0) is 44.0 Å². The lowest BCUT2D eigenvalue weighted by Crippen LogP contribution is -2.30. The van der Waals surface area contributed by atoms with Gasteiger partial charge in [0.15, 0.2) is 0 Å². The van der Waals surface area contributed by atoms with E-state index in [4.69, 9.17) is 9.47 Å². The molecule has 1 aromatic carbocycles. The van der Waals surface area contributed by atoms with Gasteiger partial charge in [0.1, 0.15) is 12.4 Å². The highest BCUT2D eigenvalue weighted by molar-refractivity contribution is 7.11. The highest BCUT2D eigenvalue weighted by atomic mass is 32.1. The van der Waals surface area contributed by atoms with Crippen LogP contribution in [0.15, 0.2) is 30.5 Å². The Balaban J connectivity index is 1.47. The second-order valence-corrected chi connectivity index (χ2v) is 7.42. The van der Waals surface area contributed by atoms with Crippen LogP contribution in [-0.2, 0) is 11.3 Å². The summed E-state index contributed by atoms with van der Waals surface area (Å²) in [5, 5.41) is 3.89. The molecule has 3 rings (SSSR count). The third kappa shape index (κ3) is 5.17. The first-order valence-electron chi connectivity index (χ1n) is 8.38. The van der Waals surface area contributed by atoms with Gasteiger partial charge in [0.2, 0.25) is 0 Å². The van der Waals surface area contributed by atoms with Crippen molar-refractivity contribution < 1.29 is 14.3 Å². The molecule has 25 heavy (non-hydrogen) atoms. The van der Waals surface area contributed by atoms with Crippen LogP contribution in [0, 0.1) is 6.92 Å². The zero-order valence-corrected chi connectivity index (χ0v) is 15.3. The molecule has 0 saturated carbocycles. The number of carbonyl (C=O) groups is 1. The topological polar surface area (TPSA) is 63.7 Å². The summed E-state index contributed by atoms with van der Waals surface area (Å²) in [4.78, 5) is 19.2. The van der Waals surface area contributed by atoms with Crippen molar-refractivity contribution in [1.82, 2.24) is 9.88 Å². The van der Waals surface area contributed by atoms with Crippen LogP contribution in [0.3, 0.4) is 0 Å². The number of hydrogen-bond donors (Lipinski definition) is 1. The minimum Gasteiger partial charge on any atom is -0.491 e. The summed E-state index contributed by atoms with van der Waals surface area (Å²) in [6, 6.07) is 7.24. The molecule has 7 heteroatoms. The van der Waals surface area contributed by atoms with Crippen molar-refractivity contribution in [2.75, 3.05) is 25.6 Å². The Labute approximate surface area is 151 Å². The third-order valence-corrected chi connectivity index (χ3v) is 4.87. The van der Waals surface area contributed by atoms with Crippen LogP contribution in [0.2, 0.25) is 0 Å². The Morgan fingerprint density at radius 2 is 2.24 bits per heavy atom. The van der Waals surface area contributed by atoms with Crippen molar-refractivity contribution in [3.8, 4) is 5.75 Å². The summed E-state index contributed by atoms with van der Waals surface area (Å²) in [6.07, 6.45) is 4.17. The second kappa shape index (κ2) is 8.31. The molecular weight excluding hydrogens is 338 g/mol. The fraction of sp³-hybridized carbons (Fsp3) is 0.444. The number of amides is 2. The van der Waals surface area contributed by atoms with E-state index in [0.29, 0.717) is 13.2 Å². The average molecular weight is 361 g/mol. The number of hydrogen-bond acceptors (Lipinski definition) is 5. The number of rotatable bonds is 6. The number of nitrogens with one attached hydrogen (secondary N) is 1. The number of aromatic nitrogens is 1. The van der Waals surface area contributed by atoms with E-state index in [0.717, 1.165) is 40.8 Å². The predicted molar refractivity (Wildman–Crippen MR) is 98.2 cm³/mol. The standard InChI is InChI=1S/C18H23N3O3S/c1-13-19-10-17(25-13)11-21(2)18(22)20-14-5-7-15(8-6-14)24-12-16-4-3-9-23-16/h5-8,10,16H,3-4,9,11-12H2,1-2H3,(H,20,22)/t16-/m0/s1. The lowest BCUT2D eigenvalue weighted by Gasteiger charge is -2.17. The molecule has 0 unspecified atom stereocenters. The van der Waals surface area contributed by atoms with Crippen LogP contribution in [-0.4, -0.2) is 42.3 Å². The predicted octanol–water partition coefficient (Wildman–Crippen LogP) is 3.67. The molecule has 1 aromatic heterocycles. The van der Waals surface area contributed by atoms with Crippen LogP contribution in [0.4, 0.5) is 10.5 Å². The lowest BCUT2D eigenvalue weighted by molar-refractivity contribution is 0.0679. The number of thiazole rings is 1. The molecule has 2 amide bonds. The Morgan fingerprint density at radius 3 is 2.88 bits per heavy atom. The maximum absolute atomic E-state index is 12.3. The molecule has 1 saturated heterocycles. The summed E-state index contributed by atoms with van der Waals surface area (Å²) in [5.74, 6) is 0.780. The maximum atomic E-state index is 12.3. The Hall–Kier alpha value is -2.12. The van der Waals surface area contributed by atoms with E-state index in [2.05, 4.69) is 10.3 Å². The van der Waals surface area contributed by atoms with E-state index in [1.165, 1.54) is 0 Å². The Bertz CT molecular complexity index is 696. The fourth-order valence-electron chi connectivity index (χ4n) is 2.60. The highest BCUT2D eigenvalue weighted by Crippen LogP contribution is 2.19.